The van der Waals surface area contributed by atoms with Gasteiger partial charge in [-0.1, -0.05) is 6.07 Å². The first-order valence-electron chi connectivity index (χ1n) is 5.97. The summed E-state index contributed by atoms with van der Waals surface area (Å²) in [5.74, 6) is 0. The molecule has 0 aliphatic rings. The van der Waals surface area contributed by atoms with Crippen LogP contribution in [0.5, 0.6) is 0 Å². The summed E-state index contributed by atoms with van der Waals surface area (Å²) < 4.78 is 1.12. The van der Waals surface area contributed by atoms with E-state index < -0.39 is 0 Å². The maximum absolute atomic E-state index is 6.20. The van der Waals surface area contributed by atoms with Crippen LogP contribution in [0.15, 0.2) is 42.2 Å². The molecule has 0 aliphatic carbocycles. The Labute approximate surface area is 115 Å². The Hall–Kier alpha value is -2.14. The molecule has 0 saturated heterocycles. The maximum Gasteiger partial charge on any atom is 0.106 e. The fraction of sp³-hybridized carbons (Fsp3) is 0.143. The van der Waals surface area contributed by atoms with Crippen LogP contribution in [0.2, 0.25) is 0 Å². The molecule has 1 aromatic carbocycles. The molecule has 0 bridgehead atoms. The highest BCUT2D eigenvalue weighted by atomic mass is 32.1. The molecule has 0 fully saturated rings. The van der Waals surface area contributed by atoms with Gasteiger partial charge in [0, 0.05) is 26.0 Å². The van der Waals surface area contributed by atoms with Crippen LogP contribution < -0.4 is 10.6 Å². The van der Waals surface area contributed by atoms with E-state index in [-0.39, 0.29) is 0 Å². The summed E-state index contributed by atoms with van der Waals surface area (Å²) in [6.45, 7) is 0.772. The molecule has 3 aromatic rings. The average molecular weight is 270 g/mol. The fourth-order valence-electron chi connectivity index (χ4n) is 2.13. The number of fused-ring (bicyclic) bond motifs is 1. The molecular weight excluding hydrogens is 256 g/mol. The first kappa shape index (κ1) is 11.9. The lowest BCUT2D eigenvalue weighted by atomic mass is 10.2. The van der Waals surface area contributed by atoms with Crippen LogP contribution in [0.25, 0.3) is 10.2 Å². The number of nitrogens with zero attached hydrogens (tertiary/aromatic N) is 3. The standard InChI is InChI=1S/C14H14N4S/c1-18(8-10-3-2-6-16-7-10)11-4-5-12-14(13(11)15)17-9-19-12/h2-7,9H,8,15H2,1H3. The lowest BCUT2D eigenvalue weighted by molar-refractivity contribution is 0.917. The van der Waals surface area contributed by atoms with Crippen LogP contribution in [-0.4, -0.2) is 17.0 Å². The second-order valence-corrected chi connectivity index (χ2v) is 5.30. The number of nitrogen functional groups attached to an aromatic ring is 1. The van der Waals surface area contributed by atoms with E-state index in [0.29, 0.717) is 0 Å². The van der Waals surface area contributed by atoms with Crippen LogP contribution in [-0.2, 0) is 6.54 Å². The summed E-state index contributed by atoms with van der Waals surface area (Å²) in [4.78, 5) is 10.6. The number of hydrogen-bond acceptors (Lipinski definition) is 5. The number of anilines is 2. The summed E-state index contributed by atoms with van der Waals surface area (Å²) in [6.07, 6.45) is 3.65. The van der Waals surface area contributed by atoms with Crippen LogP contribution >= 0.6 is 11.3 Å². The molecule has 3 rings (SSSR count). The molecule has 2 heterocycles. The van der Waals surface area contributed by atoms with E-state index in [0.717, 1.165) is 33.7 Å². The largest absolute Gasteiger partial charge is 0.395 e. The Kier molecular flexibility index (Phi) is 3.05. The molecular formula is C14H14N4S. The van der Waals surface area contributed by atoms with Gasteiger partial charge in [0.1, 0.15) is 5.52 Å². The summed E-state index contributed by atoms with van der Waals surface area (Å²) in [7, 11) is 2.02. The molecule has 0 unspecified atom stereocenters. The lowest BCUT2D eigenvalue weighted by Crippen LogP contribution is -2.17. The summed E-state index contributed by atoms with van der Waals surface area (Å²) in [5.41, 5.74) is 11.8. The van der Waals surface area contributed by atoms with E-state index in [1.165, 1.54) is 0 Å². The smallest absolute Gasteiger partial charge is 0.106 e. The Balaban J connectivity index is 1.93. The van der Waals surface area contributed by atoms with Gasteiger partial charge in [0.05, 0.1) is 21.6 Å². The topological polar surface area (TPSA) is 55.0 Å². The number of hydrogen-bond donors (Lipinski definition) is 1. The minimum absolute atomic E-state index is 0.741. The number of rotatable bonds is 3. The monoisotopic (exact) mass is 270 g/mol. The molecule has 19 heavy (non-hydrogen) atoms. The summed E-state index contributed by atoms with van der Waals surface area (Å²) in [6, 6.07) is 8.11. The van der Waals surface area contributed by atoms with Crippen molar-refractivity contribution < 1.29 is 0 Å². The summed E-state index contributed by atoms with van der Waals surface area (Å²) in [5, 5.41) is 0. The van der Waals surface area contributed by atoms with E-state index in [2.05, 4.69) is 27.0 Å². The minimum atomic E-state index is 0.741. The van der Waals surface area contributed by atoms with Crippen LogP contribution in [0.3, 0.4) is 0 Å². The first-order valence-corrected chi connectivity index (χ1v) is 6.85. The van der Waals surface area contributed by atoms with E-state index in [4.69, 9.17) is 5.73 Å². The number of pyridine rings is 1. The summed E-state index contributed by atoms with van der Waals surface area (Å²) >= 11 is 1.61. The van der Waals surface area contributed by atoms with Crippen molar-refractivity contribution in [2.45, 2.75) is 6.54 Å². The SMILES string of the molecule is CN(Cc1cccnc1)c1ccc2scnc2c1N. The van der Waals surface area contributed by atoms with E-state index in [9.17, 15) is 0 Å². The number of benzene rings is 1. The second kappa shape index (κ2) is 4.85. The zero-order valence-electron chi connectivity index (χ0n) is 10.6. The van der Waals surface area contributed by atoms with Crippen molar-refractivity contribution in [2.24, 2.45) is 0 Å². The van der Waals surface area contributed by atoms with Gasteiger partial charge < -0.3 is 10.6 Å². The molecule has 0 aliphatic heterocycles. The van der Waals surface area contributed by atoms with Crippen LogP contribution in [0.4, 0.5) is 11.4 Å². The number of thiazole rings is 1. The Morgan fingerprint density at radius 1 is 1.32 bits per heavy atom. The van der Waals surface area contributed by atoms with Crippen molar-refractivity contribution >= 4 is 32.9 Å². The van der Waals surface area contributed by atoms with E-state index >= 15 is 0 Å². The highest BCUT2D eigenvalue weighted by molar-refractivity contribution is 7.16. The third-order valence-electron chi connectivity index (χ3n) is 3.07. The zero-order chi connectivity index (χ0) is 13.2. The molecule has 96 valence electrons. The third kappa shape index (κ3) is 2.24. The molecule has 0 atom stereocenters. The Morgan fingerprint density at radius 3 is 3.00 bits per heavy atom. The third-order valence-corrected chi connectivity index (χ3v) is 3.87. The quantitative estimate of drug-likeness (QED) is 0.743. The fourth-order valence-corrected chi connectivity index (χ4v) is 2.82. The normalized spacial score (nSPS) is 10.8. The molecule has 4 nitrogen and oxygen atoms in total. The molecule has 0 radical (unpaired) electrons. The van der Waals surface area contributed by atoms with Gasteiger partial charge >= 0.3 is 0 Å². The molecule has 0 amide bonds. The highest BCUT2D eigenvalue weighted by Gasteiger charge is 2.10. The number of nitrogens with two attached hydrogens (primary N) is 1. The van der Waals surface area contributed by atoms with Gasteiger partial charge in [-0.3, -0.25) is 4.98 Å². The molecule has 2 N–H and O–H groups in total. The predicted octanol–water partition coefficient (Wildman–Crippen LogP) is 2.91. The maximum atomic E-state index is 6.20. The molecule has 2 aromatic heterocycles. The Bertz CT molecular complexity index is 693. The highest BCUT2D eigenvalue weighted by Crippen LogP contribution is 2.32. The van der Waals surface area contributed by atoms with Gasteiger partial charge in [0.25, 0.3) is 0 Å². The second-order valence-electron chi connectivity index (χ2n) is 4.41. The minimum Gasteiger partial charge on any atom is -0.395 e. The molecule has 0 saturated carbocycles. The van der Waals surface area contributed by atoms with Crippen molar-refractivity contribution in [1.29, 1.82) is 0 Å². The van der Waals surface area contributed by atoms with Gasteiger partial charge in [0.15, 0.2) is 0 Å². The molecule has 0 spiro atoms. The van der Waals surface area contributed by atoms with Crippen LogP contribution in [0.1, 0.15) is 5.56 Å². The van der Waals surface area contributed by atoms with E-state index in [1.54, 1.807) is 17.5 Å². The van der Waals surface area contributed by atoms with Crippen LogP contribution in [0, 0.1) is 0 Å². The van der Waals surface area contributed by atoms with Gasteiger partial charge in [-0.25, -0.2) is 4.98 Å². The van der Waals surface area contributed by atoms with Gasteiger partial charge in [-0.05, 0) is 23.8 Å². The van der Waals surface area contributed by atoms with Gasteiger partial charge in [-0.15, -0.1) is 11.3 Å². The first-order chi connectivity index (χ1) is 9.25. The van der Waals surface area contributed by atoms with Crippen molar-refractivity contribution in [3.05, 3.63) is 47.7 Å². The van der Waals surface area contributed by atoms with Crippen molar-refractivity contribution in [1.82, 2.24) is 9.97 Å². The van der Waals surface area contributed by atoms with Crippen molar-refractivity contribution in [3.8, 4) is 0 Å². The zero-order valence-corrected chi connectivity index (χ0v) is 11.4. The predicted molar refractivity (Wildman–Crippen MR) is 80.4 cm³/mol. The van der Waals surface area contributed by atoms with Gasteiger partial charge in [0.2, 0.25) is 0 Å². The average Bonchev–Trinajstić information content (AvgIpc) is 2.89. The van der Waals surface area contributed by atoms with Crippen molar-refractivity contribution in [3.63, 3.8) is 0 Å². The lowest BCUT2D eigenvalue weighted by Gasteiger charge is -2.21. The van der Waals surface area contributed by atoms with E-state index in [1.807, 2.05) is 30.9 Å². The Morgan fingerprint density at radius 2 is 2.21 bits per heavy atom. The van der Waals surface area contributed by atoms with Gasteiger partial charge in [-0.2, -0.15) is 0 Å². The molecule has 5 heteroatoms. The number of aromatic nitrogens is 2. The van der Waals surface area contributed by atoms with Crippen molar-refractivity contribution in [2.75, 3.05) is 17.7 Å².